The Morgan fingerprint density at radius 2 is 1.82 bits per heavy atom. The first-order chi connectivity index (χ1) is 8.17. The lowest BCUT2D eigenvalue weighted by Crippen LogP contribution is -2.52. The number of hydrogen-bond acceptors (Lipinski definition) is 3. The molecule has 2 N–H and O–H groups in total. The van der Waals surface area contributed by atoms with Gasteiger partial charge in [0.15, 0.2) is 0 Å². The van der Waals surface area contributed by atoms with E-state index in [0.29, 0.717) is 18.2 Å². The Morgan fingerprint density at radius 3 is 2.35 bits per heavy atom. The maximum Gasteiger partial charge on any atom is 0.0678 e. The maximum atomic E-state index is 5.93. The van der Waals surface area contributed by atoms with Crippen LogP contribution in [0.5, 0.6) is 0 Å². The van der Waals surface area contributed by atoms with Crippen LogP contribution in [0.15, 0.2) is 0 Å². The van der Waals surface area contributed by atoms with Gasteiger partial charge < -0.3 is 10.5 Å². The molecule has 0 radical (unpaired) electrons. The molecule has 0 amide bonds. The van der Waals surface area contributed by atoms with E-state index in [2.05, 4.69) is 25.7 Å². The molecule has 0 bridgehead atoms. The minimum Gasteiger partial charge on any atom is -0.373 e. The predicted octanol–water partition coefficient (Wildman–Crippen LogP) is 2.39. The van der Waals surface area contributed by atoms with Crippen LogP contribution in [0.3, 0.4) is 0 Å². The van der Waals surface area contributed by atoms with Crippen molar-refractivity contribution in [1.29, 1.82) is 0 Å². The fraction of sp³-hybridized carbons (Fsp3) is 1.00. The van der Waals surface area contributed by atoms with Gasteiger partial charge in [-0.05, 0) is 20.3 Å². The molecule has 3 nitrogen and oxygen atoms in total. The van der Waals surface area contributed by atoms with Crippen molar-refractivity contribution in [3.05, 3.63) is 0 Å². The van der Waals surface area contributed by atoms with Gasteiger partial charge in [0.2, 0.25) is 0 Å². The standard InChI is InChI=1S/C14H30N2O/c1-4-5-6-7-8-14(9-15)16-10-12(2)17-13(3)11-16/h12-14H,4-11,15H2,1-3H3. The fourth-order valence-electron chi connectivity index (χ4n) is 2.77. The van der Waals surface area contributed by atoms with E-state index in [0.717, 1.165) is 19.6 Å². The Balaban J connectivity index is 2.32. The lowest BCUT2D eigenvalue weighted by molar-refractivity contribution is -0.0803. The monoisotopic (exact) mass is 242 g/mol. The molecule has 3 unspecified atom stereocenters. The molecule has 1 rings (SSSR count). The molecule has 1 saturated heterocycles. The highest BCUT2D eigenvalue weighted by Crippen LogP contribution is 2.17. The summed E-state index contributed by atoms with van der Waals surface area (Å²) in [7, 11) is 0. The van der Waals surface area contributed by atoms with E-state index in [9.17, 15) is 0 Å². The SMILES string of the molecule is CCCCCCC(CN)N1CC(C)OC(C)C1. The third kappa shape index (κ3) is 5.36. The number of morpholine rings is 1. The summed E-state index contributed by atoms with van der Waals surface area (Å²) in [6.45, 7) is 9.44. The molecule has 0 spiro atoms. The van der Waals surface area contributed by atoms with Crippen molar-refractivity contribution >= 4 is 0 Å². The molecular weight excluding hydrogens is 212 g/mol. The van der Waals surface area contributed by atoms with Crippen molar-refractivity contribution in [3.63, 3.8) is 0 Å². The summed E-state index contributed by atoms with van der Waals surface area (Å²) < 4.78 is 5.77. The van der Waals surface area contributed by atoms with Gasteiger partial charge in [-0.15, -0.1) is 0 Å². The molecule has 102 valence electrons. The summed E-state index contributed by atoms with van der Waals surface area (Å²) in [5.41, 5.74) is 5.93. The number of rotatable bonds is 7. The van der Waals surface area contributed by atoms with Gasteiger partial charge in [0.1, 0.15) is 0 Å². The van der Waals surface area contributed by atoms with Crippen LogP contribution >= 0.6 is 0 Å². The van der Waals surface area contributed by atoms with E-state index in [1.54, 1.807) is 0 Å². The molecule has 0 aromatic carbocycles. The molecule has 1 aliphatic heterocycles. The van der Waals surface area contributed by atoms with Crippen molar-refractivity contribution in [3.8, 4) is 0 Å². The third-order valence-corrected chi connectivity index (χ3v) is 3.63. The van der Waals surface area contributed by atoms with Crippen LogP contribution in [0.1, 0.15) is 52.9 Å². The molecule has 0 aromatic heterocycles. The number of ether oxygens (including phenoxy) is 1. The molecule has 0 saturated carbocycles. The van der Waals surface area contributed by atoms with E-state index in [4.69, 9.17) is 10.5 Å². The molecule has 0 aliphatic carbocycles. The first-order valence-corrected chi connectivity index (χ1v) is 7.27. The average molecular weight is 242 g/mol. The molecule has 3 atom stereocenters. The van der Waals surface area contributed by atoms with E-state index >= 15 is 0 Å². The summed E-state index contributed by atoms with van der Waals surface area (Å²) >= 11 is 0. The Labute approximate surface area is 107 Å². The molecule has 3 heteroatoms. The Bertz CT molecular complexity index is 189. The minimum absolute atomic E-state index is 0.350. The van der Waals surface area contributed by atoms with Crippen molar-refractivity contribution in [1.82, 2.24) is 4.90 Å². The molecule has 1 heterocycles. The summed E-state index contributed by atoms with van der Waals surface area (Å²) in [6.07, 6.45) is 7.27. The zero-order chi connectivity index (χ0) is 12.7. The van der Waals surface area contributed by atoms with Gasteiger partial charge in [0.05, 0.1) is 12.2 Å². The minimum atomic E-state index is 0.350. The number of nitrogens with two attached hydrogens (primary N) is 1. The predicted molar refractivity (Wildman–Crippen MR) is 73.2 cm³/mol. The van der Waals surface area contributed by atoms with Gasteiger partial charge in [-0.2, -0.15) is 0 Å². The molecule has 0 aromatic rings. The summed E-state index contributed by atoms with van der Waals surface area (Å²) in [5.74, 6) is 0. The van der Waals surface area contributed by atoms with Gasteiger partial charge in [0.25, 0.3) is 0 Å². The first-order valence-electron chi connectivity index (χ1n) is 7.27. The van der Waals surface area contributed by atoms with Gasteiger partial charge in [-0.3, -0.25) is 4.90 Å². The van der Waals surface area contributed by atoms with Crippen LogP contribution in [0.2, 0.25) is 0 Å². The highest BCUT2D eigenvalue weighted by atomic mass is 16.5. The zero-order valence-electron chi connectivity index (χ0n) is 11.8. The van der Waals surface area contributed by atoms with Crippen LogP contribution < -0.4 is 5.73 Å². The number of unbranched alkanes of at least 4 members (excludes halogenated alkanes) is 3. The normalized spacial score (nSPS) is 28.2. The third-order valence-electron chi connectivity index (χ3n) is 3.63. The summed E-state index contributed by atoms with van der Waals surface area (Å²) in [5, 5.41) is 0. The maximum absolute atomic E-state index is 5.93. The second-order valence-electron chi connectivity index (χ2n) is 5.45. The van der Waals surface area contributed by atoms with Crippen LogP contribution in [0.25, 0.3) is 0 Å². The Hall–Kier alpha value is -0.120. The van der Waals surface area contributed by atoms with Gasteiger partial charge in [0, 0.05) is 25.7 Å². The first kappa shape index (κ1) is 14.9. The van der Waals surface area contributed by atoms with Crippen LogP contribution in [-0.2, 0) is 4.74 Å². The highest BCUT2D eigenvalue weighted by molar-refractivity contribution is 4.80. The smallest absolute Gasteiger partial charge is 0.0678 e. The topological polar surface area (TPSA) is 38.5 Å². The van der Waals surface area contributed by atoms with Crippen molar-refractivity contribution in [2.45, 2.75) is 71.1 Å². The quantitative estimate of drug-likeness (QED) is 0.697. The van der Waals surface area contributed by atoms with E-state index in [-0.39, 0.29) is 0 Å². The average Bonchev–Trinajstić information content (AvgIpc) is 2.28. The fourth-order valence-corrected chi connectivity index (χ4v) is 2.77. The van der Waals surface area contributed by atoms with Crippen LogP contribution in [0.4, 0.5) is 0 Å². The second kappa shape index (κ2) is 8.06. The van der Waals surface area contributed by atoms with Crippen molar-refractivity contribution < 1.29 is 4.74 Å². The number of hydrogen-bond donors (Lipinski definition) is 1. The summed E-state index contributed by atoms with van der Waals surface area (Å²) in [6, 6.07) is 0.556. The molecule has 1 fully saturated rings. The van der Waals surface area contributed by atoms with E-state index < -0.39 is 0 Å². The number of nitrogens with zero attached hydrogens (tertiary/aromatic N) is 1. The zero-order valence-corrected chi connectivity index (χ0v) is 11.8. The second-order valence-corrected chi connectivity index (χ2v) is 5.45. The summed E-state index contributed by atoms with van der Waals surface area (Å²) in [4.78, 5) is 2.53. The Morgan fingerprint density at radius 1 is 1.18 bits per heavy atom. The largest absolute Gasteiger partial charge is 0.373 e. The lowest BCUT2D eigenvalue weighted by atomic mass is 10.0. The lowest BCUT2D eigenvalue weighted by Gasteiger charge is -2.40. The Kier molecular flexibility index (Phi) is 7.09. The van der Waals surface area contributed by atoms with Crippen LogP contribution in [-0.4, -0.2) is 42.8 Å². The highest BCUT2D eigenvalue weighted by Gasteiger charge is 2.26. The van der Waals surface area contributed by atoms with Gasteiger partial charge in [-0.25, -0.2) is 0 Å². The molecule has 1 aliphatic rings. The van der Waals surface area contributed by atoms with E-state index in [1.807, 2.05) is 0 Å². The molecule has 17 heavy (non-hydrogen) atoms. The van der Waals surface area contributed by atoms with Gasteiger partial charge >= 0.3 is 0 Å². The van der Waals surface area contributed by atoms with Crippen molar-refractivity contribution in [2.24, 2.45) is 5.73 Å². The molecular formula is C14H30N2O. The van der Waals surface area contributed by atoms with Gasteiger partial charge in [-0.1, -0.05) is 32.6 Å². The van der Waals surface area contributed by atoms with Crippen LogP contribution in [0, 0.1) is 0 Å². The van der Waals surface area contributed by atoms with E-state index in [1.165, 1.54) is 32.1 Å². The van der Waals surface area contributed by atoms with Crippen molar-refractivity contribution in [2.75, 3.05) is 19.6 Å².